The molecule has 0 bridgehead atoms. The average molecular weight is 463 g/mol. The number of aromatic nitrogens is 5. The van der Waals surface area contributed by atoms with Crippen LogP contribution in [0.1, 0.15) is 60.9 Å². The van der Waals surface area contributed by atoms with Crippen LogP contribution in [-0.4, -0.2) is 49.4 Å². The number of fused-ring (bicyclic) bond motifs is 1. The topological polar surface area (TPSA) is 79.7 Å². The Morgan fingerprint density at radius 1 is 1.15 bits per heavy atom. The van der Waals surface area contributed by atoms with Crippen LogP contribution in [-0.2, 0) is 6.42 Å². The predicted octanol–water partition coefficient (Wildman–Crippen LogP) is 5.33. The van der Waals surface area contributed by atoms with E-state index in [1.54, 1.807) is 23.2 Å². The number of rotatable bonds is 9. The minimum absolute atomic E-state index is 0.0123. The second-order valence-electron chi connectivity index (χ2n) is 9.04. The Bertz CT molecular complexity index is 1270. The van der Waals surface area contributed by atoms with Crippen molar-refractivity contribution in [2.24, 2.45) is 0 Å². The first-order chi connectivity index (χ1) is 16.3. The van der Waals surface area contributed by atoms with E-state index in [9.17, 15) is 9.18 Å². The number of amides is 1. The molecule has 0 saturated carbocycles. The molecule has 3 aromatic heterocycles. The minimum atomic E-state index is -0.253. The van der Waals surface area contributed by atoms with E-state index in [4.69, 9.17) is 0 Å². The molecular formula is C26H31FN6O. The molecule has 0 aliphatic heterocycles. The molecule has 1 N–H and O–H groups in total. The van der Waals surface area contributed by atoms with Crippen molar-refractivity contribution >= 4 is 16.9 Å². The summed E-state index contributed by atoms with van der Waals surface area (Å²) in [4.78, 5) is 19.4. The van der Waals surface area contributed by atoms with Gasteiger partial charge in [0.25, 0.3) is 5.91 Å². The molecular weight excluding hydrogens is 431 g/mol. The van der Waals surface area contributed by atoms with Crippen molar-refractivity contribution in [2.45, 2.75) is 52.5 Å². The number of hydrogen-bond acceptors (Lipinski definition) is 4. The molecule has 7 nitrogen and oxygen atoms in total. The molecule has 8 heteroatoms. The van der Waals surface area contributed by atoms with Gasteiger partial charge in [-0.1, -0.05) is 6.42 Å². The smallest absolute Gasteiger partial charge is 0.255 e. The van der Waals surface area contributed by atoms with Crippen molar-refractivity contribution in [1.82, 2.24) is 29.9 Å². The zero-order valence-corrected chi connectivity index (χ0v) is 20.2. The molecule has 1 amide bonds. The summed E-state index contributed by atoms with van der Waals surface area (Å²) >= 11 is 0. The average Bonchev–Trinajstić information content (AvgIpc) is 3.45. The molecule has 0 aliphatic rings. The van der Waals surface area contributed by atoms with Gasteiger partial charge in [-0.2, -0.15) is 10.2 Å². The monoisotopic (exact) mass is 462 g/mol. The van der Waals surface area contributed by atoms with E-state index in [-0.39, 0.29) is 17.8 Å². The van der Waals surface area contributed by atoms with Gasteiger partial charge in [-0.05, 0) is 76.4 Å². The van der Waals surface area contributed by atoms with E-state index in [2.05, 4.69) is 34.1 Å². The summed E-state index contributed by atoms with van der Waals surface area (Å²) in [6.07, 6.45) is 5.57. The minimum Gasteiger partial charge on any atom is -0.342 e. The lowest BCUT2D eigenvalue weighted by molar-refractivity contribution is 0.0791. The Labute approximate surface area is 199 Å². The highest BCUT2D eigenvalue weighted by molar-refractivity contribution is 5.98. The van der Waals surface area contributed by atoms with E-state index >= 15 is 0 Å². The van der Waals surface area contributed by atoms with Gasteiger partial charge >= 0.3 is 0 Å². The van der Waals surface area contributed by atoms with Crippen LogP contribution in [0.5, 0.6) is 0 Å². The Hall–Kier alpha value is -3.55. The van der Waals surface area contributed by atoms with Crippen LogP contribution in [0.25, 0.3) is 22.3 Å². The molecule has 4 rings (SSSR count). The summed E-state index contributed by atoms with van der Waals surface area (Å²) in [5.41, 5.74) is 4.93. The summed E-state index contributed by atoms with van der Waals surface area (Å²) in [5.74, 6) is -0.265. The first-order valence-electron chi connectivity index (χ1n) is 11.7. The van der Waals surface area contributed by atoms with Crippen LogP contribution in [0.4, 0.5) is 4.39 Å². The number of pyridine rings is 1. The fraction of sp³-hybridized carbons (Fsp3) is 0.385. The lowest BCUT2D eigenvalue weighted by atomic mass is 10.1. The van der Waals surface area contributed by atoms with Gasteiger partial charge in [0.1, 0.15) is 5.82 Å². The molecule has 0 unspecified atom stereocenters. The number of H-pyrrole nitrogens is 1. The maximum atomic E-state index is 13.1. The highest BCUT2D eigenvalue weighted by atomic mass is 19.1. The molecule has 0 fully saturated rings. The molecule has 178 valence electrons. The molecule has 0 atom stereocenters. The van der Waals surface area contributed by atoms with Gasteiger partial charge in [0.05, 0.1) is 23.1 Å². The van der Waals surface area contributed by atoms with Crippen LogP contribution in [0, 0.1) is 12.7 Å². The number of nitrogens with zero attached hydrogens (tertiary/aromatic N) is 5. The summed E-state index contributed by atoms with van der Waals surface area (Å²) in [5, 5.41) is 12.7. The number of halogens is 1. The molecule has 1 aromatic carbocycles. The van der Waals surface area contributed by atoms with Crippen LogP contribution < -0.4 is 0 Å². The number of aromatic amines is 1. The standard InChI is InChI=1S/C26H31FN6O/c1-17(2)33-25-20(16-28-33)14-23(18(3)29-25)26(34)32(4)13-7-5-6-8-22-15-24(31-30-22)19-9-11-21(27)12-10-19/h9-12,14-17H,5-8,13H2,1-4H3,(H,30,31). The van der Waals surface area contributed by atoms with Gasteiger partial charge in [-0.25, -0.2) is 14.1 Å². The Morgan fingerprint density at radius 3 is 2.65 bits per heavy atom. The second kappa shape index (κ2) is 10.2. The highest BCUT2D eigenvalue weighted by Gasteiger charge is 2.18. The van der Waals surface area contributed by atoms with E-state index in [0.29, 0.717) is 12.1 Å². The molecule has 4 aromatic rings. The fourth-order valence-electron chi connectivity index (χ4n) is 4.07. The Morgan fingerprint density at radius 2 is 1.91 bits per heavy atom. The largest absolute Gasteiger partial charge is 0.342 e. The van der Waals surface area contributed by atoms with Crippen LogP contribution in [0.3, 0.4) is 0 Å². The molecule has 0 aliphatic carbocycles. The number of carbonyl (C=O) groups is 1. The van der Waals surface area contributed by atoms with Crippen molar-refractivity contribution in [2.75, 3.05) is 13.6 Å². The van der Waals surface area contributed by atoms with E-state index < -0.39 is 0 Å². The van der Waals surface area contributed by atoms with Gasteiger partial charge in [-0.3, -0.25) is 9.89 Å². The molecule has 0 radical (unpaired) electrons. The fourth-order valence-corrected chi connectivity index (χ4v) is 4.07. The Kier molecular flexibility index (Phi) is 7.05. The van der Waals surface area contributed by atoms with Crippen molar-refractivity contribution < 1.29 is 9.18 Å². The summed E-state index contributed by atoms with van der Waals surface area (Å²) in [6, 6.07) is 10.5. The van der Waals surface area contributed by atoms with Crippen molar-refractivity contribution in [3.63, 3.8) is 0 Å². The normalized spacial score (nSPS) is 11.5. The number of carbonyl (C=O) groups excluding carboxylic acids is 1. The molecule has 0 spiro atoms. The second-order valence-corrected chi connectivity index (χ2v) is 9.04. The first-order valence-corrected chi connectivity index (χ1v) is 11.7. The number of unbranched alkanes of at least 4 members (excludes halogenated alkanes) is 2. The zero-order valence-electron chi connectivity index (χ0n) is 20.2. The summed E-state index contributed by atoms with van der Waals surface area (Å²) in [7, 11) is 1.84. The molecule has 3 heterocycles. The van der Waals surface area contributed by atoms with Crippen molar-refractivity contribution in [3.8, 4) is 11.3 Å². The van der Waals surface area contributed by atoms with Crippen molar-refractivity contribution in [3.05, 3.63) is 65.4 Å². The molecule has 0 saturated heterocycles. The van der Waals surface area contributed by atoms with Gasteiger partial charge in [-0.15, -0.1) is 0 Å². The lowest BCUT2D eigenvalue weighted by Gasteiger charge is -2.18. The van der Waals surface area contributed by atoms with Crippen LogP contribution in [0.15, 0.2) is 42.6 Å². The maximum Gasteiger partial charge on any atom is 0.255 e. The summed E-state index contributed by atoms with van der Waals surface area (Å²) < 4.78 is 15.0. The molecule has 34 heavy (non-hydrogen) atoms. The summed E-state index contributed by atoms with van der Waals surface area (Å²) in [6.45, 7) is 6.69. The SMILES string of the molecule is Cc1nc2c(cnn2C(C)C)cc1C(=O)N(C)CCCCCc1cc(-c2ccc(F)cc2)n[nH]1. The number of hydrogen-bond donors (Lipinski definition) is 1. The van der Waals surface area contributed by atoms with E-state index in [1.807, 2.05) is 30.8 Å². The zero-order chi connectivity index (χ0) is 24.2. The van der Waals surface area contributed by atoms with Crippen molar-refractivity contribution in [1.29, 1.82) is 0 Å². The van der Waals surface area contributed by atoms with Crippen LogP contribution >= 0.6 is 0 Å². The highest BCUT2D eigenvalue weighted by Crippen LogP contribution is 2.21. The number of nitrogens with one attached hydrogen (secondary N) is 1. The third-order valence-corrected chi connectivity index (χ3v) is 6.04. The van der Waals surface area contributed by atoms with Gasteiger partial charge in [0.15, 0.2) is 5.65 Å². The third-order valence-electron chi connectivity index (χ3n) is 6.04. The third kappa shape index (κ3) is 5.16. The van der Waals surface area contributed by atoms with Crippen LogP contribution in [0.2, 0.25) is 0 Å². The van der Waals surface area contributed by atoms with Gasteiger partial charge < -0.3 is 4.90 Å². The van der Waals surface area contributed by atoms with E-state index in [0.717, 1.165) is 59.4 Å². The maximum absolute atomic E-state index is 13.1. The van der Waals surface area contributed by atoms with E-state index in [1.165, 1.54) is 12.1 Å². The van der Waals surface area contributed by atoms with Gasteiger partial charge in [0.2, 0.25) is 0 Å². The quantitative estimate of drug-likeness (QED) is 0.341. The predicted molar refractivity (Wildman–Crippen MR) is 131 cm³/mol. The van der Waals surface area contributed by atoms with Gasteiger partial charge in [0, 0.05) is 36.3 Å². The number of benzene rings is 1. The first kappa shape index (κ1) is 23.6. The lowest BCUT2D eigenvalue weighted by Crippen LogP contribution is -2.28. The number of aryl methyl sites for hydroxylation is 2. The Balaban J connectivity index is 1.26.